The van der Waals surface area contributed by atoms with Crippen LogP contribution in [0.2, 0.25) is 0 Å². The predicted octanol–water partition coefficient (Wildman–Crippen LogP) is 6.04. The molecule has 2 saturated heterocycles. The Bertz CT molecular complexity index is 933. The van der Waals surface area contributed by atoms with E-state index < -0.39 is 0 Å². The first-order valence-corrected chi connectivity index (χ1v) is 11.8. The summed E-state index contributed by atoms with van der Waals surface area (Å²) in [7, 11) is 0. The molecule has 4 heteroatoms. The first kappa shape index (κ1) is 21.9. The number of piperidine rings is 2. The van der Waals surface area contributed by atoms with Crippen LogP contribution >= 0.6 is 0 Å². The van der Waals surface area contributed by atoms with E-state index in [1.165, 1.54) is 23.1 Å². The first-order valence-electron chi connectivity index (χ1n) is 11.8. The van der Waals surface area contributed by atoms with Gasteiger partial charge in [0, 0.05) is 49.0 Å². The van der Waals surface area contributed by atoms with Crippen molar-refractivity contribution in [3.8, 4) is 11.1 Å². The summed E-state index contributed by atoms with van der Waals surface area (Å²) in [6.07, 6.45) is 8.26. The van der Waals surface area contributed by atoms with Crippen molar-refractivity contribution >= 4 is 6.03 Å². The highest BCUT2D eigenvalue weighted by Gasteiger charge is 2.53. The molecule has 4 rings (SSSR count). The Morgan fingerprint density at radius 3 is 2.45 bits per heavy atom. The van der Waals surface area contributed by atoms with Gasteiger partial charge in [-0.1, -0.05) is 45.0 Å². The molecule has 2 unspecified atom stereocenters. The van der Waals surface area contributed by atoms with Gasteiger partial charge in [0.15, 0.2) is 0 Å². The van der Waals surface area contributed by atoms with Gasteiger partial charge in [-0.3, -0.25) is 4.98 Å². The molecule has 4 nitrogen and oxygen atoms in total. The third-order valence-corrected chi connectivity index (χ3v) is 8.46. The summed E-state index contributed by atoms with van der Waals surface area (Å²) in [5, 5.41) is 0. The number of hydrogen-bond acceptors (Lipinski definition) is 2. The van der Waals surface area contributed by atoms with Gasteiger partial charge in [-0.2, -0.15) is 0 Å². The van der Waals surface area contributed by atoms with Crippen LogP contribution in [0.1, 0.15) is 64.5 Å². The monoisotopic (exact) mass is 419 g/mol. The Balaban J connectivity index is 1.72. The number of amides is 2. The van der Waals surface area contributed by atoms with Crippen LogP contribution in [0.5, 0.6) is 0 Å². The fraction of sp³-hybridized carbons (Fsp3) is 0.556. The summed E-state index contributed by atoms with van der Waals surface area (Å²) in [5.41, 5.74) is 5.02. The number of rotatable bonds is 2. The number of urea groups is 1. The van der Waals surface area contributed by atoms with Crippen LogP contribution in [0.25, 0.3) is 11.1 Å². The van der Waals surface area contributed by atoms with Crippen molar-refractivity contribution in [2.24, 2.45) is 5.41 Å². The zero-order valence-corrected chi connectivity index (χ0v) is 19.8. The van der Waals surface area contributed by atoms with Gasteiger partial charge >= 0.3 is 6.03 Å². The van der Waals surface area contributed by atoms with E-state index >= 15 is 0 Å². The molecule has 2 atom stereocenters. The normalized spacial score (nSPS) is 26.0. The van der Waals surface area contributed by atoms with Gasteiger partial charge in [-0.25, -0.2) is 4.79 Å². The summed E-state index contributed by atoms with van der Waals surface area (Å²) >= 11 is 0. The Labute approximate surface area is 187 Å². The number of benzene rings is 1. The van der Waals surface area contributed by atoms with Crippen molar-refractivity contribution in [1.29, 1.82) is 0 Å². The van der Waals surface area contributed by atoms with E-state index in [-0.39, 0.29) is 22.9 Å². The lowest BCUT2D eigenvalue weighted by molar-refractivity contribution is -0.00583. The Morgan fingerprint density at radius 1 is 1.03 bits per heavy atom. The molecule has 2 aliphatic rings. The van der Waals surface area contributed by atoms with Gasteiger partial charge < -0.3 is 9.80 Å². The average molecular weight is 420 g/mol. The molecule has 2 aliphatic heterocycles. The lowest BCUT2D eigenvalue weighted by Crippen LogP contribution is -2.63. The van der Waals surface area contributed by atoms with Crippen LogP contribution < -0.4 is 0 Å². The average Bonchev–Trinajstić information content (AvgIpc) is 2.78. The highest BCUT2D eigenvalue weighted by Crippen LogP contribution is 2.54. The Hall–Kier alpha value is -2.36. The van der Waals surface area contributed by atoms with E-state index in [9.17, 15) is 4.79 Å². The van der Waals surface area contributed by atoms with Crippen LogP contribution in [0, 0.1) is 12.3 Å². The van der Waals surface area contributed by atoms with Crippen molar-refractivity contribution in [1.82, 2.24) is 14.8 Å². The fourth-order valence-corrected chi connectivity index (χ4v) is 5.85. The molecule has 1 aromatic carbocycles. The number of carbonyl (C=O) groups excluding carboxylic acids is 1. The van der Waals surface area contributed by atoms with E-state index in [0.29, 0.717) is 0 Å². The minimum atomic E-state index is -0.0836. The molecule has 0 bridgehead atoms. The van der Waals surface area contributed by atoms with Crippen LogP contribution in [0.15, 0.2) is 42.7 Å². The third-order valence-electron chi connectivity index (χ3n) is 8.46. The molecular weight excluding hydrogens is 382 g/mol. The molecule has 166 valence electrons. The molecule has 0 aliphatic carbocycles. The van der Waals surface area contributed by atoms with Crippen LogP contribution in [0.4, 0.5) is 4.79 Å². The number of likely N-dealkylation sites (tertiary alicyclic amines) is 2. The maximum atomic E-state index is 13.4. The smallest absolute Gasteiger partial charge is 0.320 e. The van der Waals surface area contributed by atoms with Crippen LogP contribution in [-0.4, -0.2) is 46.5 Å². The lowest BCUT2D eigenvalue weighted by atomic mass is 9.54. The second-order valence-electron chi connectivity index (χ2n) is 10.2. The van der Waals surface area contributed by atoms with Crippen molar-refractivity contribution < 1.29 is 4.79 Å². The van der Waals surface area contributed by atoms with E-state index in [2.05, 4.69) is 73.7 Å². The van der Waals surface area contributed by atoms with Crippen LogP contribution in [-0.2, 0) is 5.41 Å². The first-order chi connectivity index (χ1) is 14.8. The Kier molecular flexibility index (Phi) is 5.85. The zero-order valence-electron chi connectivity index (χ0n) is 19.8. The number of pyridine rings is 1. The minimum absolute atomic E-state index is 0.0540. The molecule has 0 saturated carbocycles. The number of hydrogen-bond donors (Lipinski definition) is 0. The zero-order chi connectivity index (χ0) is 22.2. The predicted molar refractivity (Wildman–Crippen MR) is 127 cm³/mol. The second-order valence-corrected chi connectivity index (χ2v) is 10.2. The molecule has 2 fully saturated rings. The molecule has 31 heavy (non-hydrogen) atoms. The van der Waals surface area contributed by atoms with Crippen LogP contribution in [0.3, 0.4) is 0 Å². The Morgan fingerprint density at radius 2 is 1.77 bits per heavy atom. The second kappa shape index (κ2) is 8.29. The minimum Gasteiger partial charge on any atom is -0.325 e. The van der Waals surface area contributed by atoms with Gasteiger partial charge in [-0.05, 0) is 67.7 Å². The molecule has 2 amide bonds. The van der Waals surface area contributed by atoms with E-state index in [1.54, 1.807) is 0 Å². The number of nitrogens with zero attached hydrogens (tertiary/aromatic N) is 3. The fourth-order valence-electron chi connectivity index (χ4n) is 5.85. The molecule has 1 aromatic heterocycles. The summed E-state index contributed by atoms with van der Waals surface area (Å²) in [6, 6.07) is 11.2. The van der Waals surface area contributed by atoms with E-state index in [4.69, 9.17) is 0 Å². The third kappa shape index (κ3) is 3.64. The van der Waals surface area contributed by atoms with Crippen molar-refractivity contribution in [3.63, 3.8) is 0 Å². The highest BCUT2D eigenvalue weighted by molar-refractivity contribution is 5.76. The van der Waals surface area contributed by atoms with E-state index in [0.717, 1.165) is 44.5 Å². The lowest BCUT2D eigenvalue weighted by Gasteiger charge is -2.57. The standard InChI is InChI=1S/C27H37N3O/c1-20-11-9-13-23(22-12-10-15-28-19-22)24(20)27(5)14-18-30(21(2)26(27,3)4)25(31)29-16-7-6-8-17-29/h9-13,15,19,21H,6-8,14,16-18H2,1-5H3. The number of aromatic nitrogens is 1. The molecule has 0 spiro atoms. The summed E-state index contributed by atoms with van der Waals surface area (Å²) < 4.78 is 0. The summed E-state index contributed by atoms with van der Waals surface area (Å²) in [4.78, 5) is 22.0. The molecular formula is C27H37N3O. The summed E-state index contributed by atoms with van der Waals surface area (Å²) in [6.45, 7) is 14.2. The maximum Gasteiger partial charge on any atom is 0.320 e. The van der Waals surface area contributed by atoms with Gasteiger partial charge in [-0.15, -0.1) is 0 Å². The quantitative estimate of drug-likeness (QED) is 0.595. The van der Waals surface area contributed by atoms with Gasteiger partial charge in [0.2, 0.25) is 0 Å². The van der Waals surface area contributed by atoms with Gasteiger partial charge in [0.05, 0.1) is 0 Å². The van der Waals surface area contributed by atoms with Gasteiger partial charge in [0.25, 0.3) is 0 Å². The van der Waals surface area contributed by atoms with Crippen molar-refractivity contribution in [2.45, 2.75) is 71.8 Å². The van der Waals surface area contributed by atoms with Gasteiger partial charge in [0.1, 0.15) is 0 Å². The maximum absolute atomic E-state index is 13.4. The van der Waals surface area contributed by atoms with E-state index in [1.807, 2.05) is 18.5 Å². The molecule has 2 aromatic rings. The topological polar surface area (TPSA) is 36.4 Å². The van der Waals surface area contributed by atoms with Crippen molar-refractivity contribution in [2.75, 3.05) is 19.6 Å². The number of carbonyl (C=O) groups is 1. The summed E-state index contributed by atoms with van der Waals surface area (Å²) in [5.74, 6) is 0. The largest absolute Gasteiger partial charge is 0.325 e. The SMILES string of the molecule is Cc1cccc(-c2cccnc2)c1C1(C)CCN(C(=O)N2CCCCC2)C(C)C1(C)C. The molecule has 3 heterocycles. The highest BCUT2D eigenvalue weighted by atomic mass is 16.2. The number of aryl methyl sites for hydroxylation is 1. The molecule has 0 N–H and O–H groups in total. The van der Waals surface area contributed by atoms with Crippen molar-refractivity contribution in [3.05, 3.63) is 53.9 Å². The molecule has 0 radical (unpaired) electrons.